The lowest BCUT2D eigenvalue weighted by Crippen LogP contribution is -2.29. The van der Waals surface area contributed by atoms with Crippen LogP contribution in [0.1, 0.15) is 0 Å². The summed E-state index contributed by atoms with van der Waals surface area (Å²) in [4.78, 5) is 7.79. The lowest BCUT2D eigenvalue weighted by molar-refractivity contribution is 0.396. The van der Waals surface area contributed by atoms with Crippen LogP contribution in [0.5, 0.6) is 11.8 Å². The van der Waals surface area contributed by atoms with Gasteiger partial charge in [-0.15, -0.1) is 0 Å². The number of anilines is 2. The van der Waals surface area contributed by atoms with Crippen LogP contribution in [0.3, 0.4) is 0 Å². The summed E-state index contributed by atoms with van der Waals surface area (Å²) in [6.07, 6.45) is 3.04. The molecular weight excluding hydrogens is 697 g/mol. The molecule has 0 radical (unpaired) electrons. The van der Waals surface area contributed by atoms with Gasteiger partial charge >= 0.3 is 7.12 Å². The molecule has 4 aromatic rings. The van der Waals surface area contributed by atoms with Crippen molar-refractivity contribution in [2.75, 3.05) is 25.7 Å². The topological polar surface area (TPSA) is 137 Å². The molecule has 0 saturated carbocycles. The molecule has 0 unspecified atom stereocenters. The molecule has 0 atom stereocenters. The number of aromatic nitrogens is 2. The predicted octanol–water partition coefficient (Wildman–Crippen LogP) is 4.94. The Balaban J connectivity index is 0.000000211. The van der Waals surface area contributed by atoms with Crippen molar-refractivity contribution in [1.29, 1.82) is 0 Å². The standard InChI is InChI=1S/C12H10BrFN2O.C6H8BNO3.C6H4Br2FN/c1-17-11-4-7(2-3-16-11)9-5-8(14)6-10(13)12(9)15;1-11-6-4-5(7(9)10)2-3-8-6;7-4-1-3(9)2-5(8)6(4)10/h2-6H,15H2,1H3;2-4,9-10H,1H3;1-2H,10H2. The molecule has 38 heavy (non-hydrogen) atoms. The zero-order valence-electron chi connectivity index (χ0n) is 20.0. The quantitative estimate of drug-likeness (QED) is 0.172. The Morgan fingerprint density at radius 1 is 0.737 bits per heavy atom. The van der Waals surface area contributed by atoms with Crippen LogP contribution in [0.2, 0.25) is 0 Å². The minimum atomic E-state index is -1.47. The van der Waals surface area contributed by atoms with Crippen molar-refractivity contribution in [2.24, 2.45) is 0 Å². The van der Waals surface area contributed by atoms with Crippen LogP contribution in [-0.2, 0) is 0 Å². The normalized spacial score (nSPS) is 9.92. The molecule has 2 aromatic heterocycles. The summed E-state index contributed by atoms with van der Waals surface area (Å²) in [5, 5.41) is 17.4. The monoisotopic (exact) mass is 716 g/mol. The van der Waals surface area contributed by atoms with Crippen LogP contribution in [0.15, 0.2) is 74.3 Å². The number of halogens is 5. The Morgan fingerprint density at radius 2 is 1.21 bits per heavy atom. The summed E-state index contributed by atoms with van der Waals surface area (Å²) in [6, 6.07) is 11.8. The average molecular weight is 719 g/mol. The van der Waals surface area contributed by atoms with Crippen LogP contribution < -0.4 is 26.4 Å². The molecular formula is C24H22BBr3F2N4O4. The second kappa shape index (κ2) is 15.0. The van der Waals surface area contributed by atoms with Gasteiger partial charge in [0.05, 0.1) is 25.6 Å². The van der Waals surface area contributed by atoms with Gasteiger partial charge in [0.1, 0.15) is 11.6 Å². The SMILES string of the molecule is COc1cc(-c2cc(F)cc(Br)c2N)ccn1.COc1cc(B(O)O)ccn1.Nc1c(Br)cc(F)cc1Br. The molecule has 14 heteroatoms. The van der Waals surface area contributed by atoms with Gasteiger partial charge in [-0.05, 0) is 95.2 Å². The number of hydrogen-bond donors (Lipinski definition) is 4. The largest absolute Gasteiger partial charge is 0.488 e. The van der Waals surface area contributed by atoms with Crippen molar-refractivity contribution >= 4 is 71.7 Å². The van der Waals surface area contributed by atoms with Crippen LogP contribution in [0, 0.1) is 11.6 Å². The summed E-state index contributed by atoms with van der Waals surface area (Å²) >= 11 is 9.42. The Kier molecular flexibility index (Phi) is 12.4. The van der Waals surface area contributed by atoms with Gasteiger partial charge in [0, 0.05) is 43.5 Å². The second-order valence-corrected chi connectivity index (χ2v) is 9.79. The third-order valence-corrected chi connectivity index (χ3v) is 6.63. The van der Waals surface area contributed by atoms with E-state index in [0.717, 1.165) is 5.56 Å². The summed E-state index contributed by atoms with van der Waals surface area (Å²) < 4.78 is 37.3. The molecule has 0 bridgehead atoms. The minimum Gasteiger partial charge on any atom is -0.481 e. The highest BCUT2D eigenvalue weighted by Gasteiger charge is 2.11. The van der Waals surface area contributed by atoms with Crippen LogP contribution in [0.25, 0.3) is 11.1 Å². The predicted molar refractivity (Wildman–Crippen MR) is 155 cm³/mol. The highest BCUT2D eigenvalue weighted by atomic mass is 79.9. The third-order valence-electron chi connectivity index (χ3n) is 4.66. The second-order valence-electron chi connectivity index (χ2n) is 7.22. The number of benzene rings is 2. The summed E-state index contributed by atoms with van der Waals surface area (Å²) in [5.74, 6) is 0.169. The molecule has 0 spiro atoms. The fourth-order valence-corrected chi connectivity index (χ4v) is 4.33. The first kappa shape index (κ1) is 31.4. The van der Waals surface area contributed by atoms with E-state index in [0.29, 0.717) is 47.6 Å². The molecule has 8 nitrogen and oxygen atoms in total. The molecule has 200 valence electrons. The Morgan fingerprint density at radius 3 is 1.74 bits per heavy atom. The lowest BCUT2D eigenvalue weighted by Gasteiger charge is -2.09. The van der Waals surface area contributed by atoms with E-state index in [2.05, 4.69) is 57.8 Å². The van der Waals surface area contributed by atoms with Gasteiger partial charge < -0.3 is 31.0 Å². The van der Waals surface area contributed by atoms with Crippen molar-refractivity contribution in [1.82, 2.24) is 9.97 Å². The smallest absolute Gasteiger partial charge is 0.481 e. The Hall–Kier alpha value is -2.78. The van der Waals surface area contributed by atoms with Crippen molar-refractivity contribution in [3.05, 3.63) is 86.0 Å². The molecule has 0 aliphatic carbocycles. The van der Waals surface area contributed by atoms with Crippen molar-refractivity contribution in [3.8, 4) is 22.9 Å². The number of nitrogens with zero attached hydrogens (tertiary/aromatic N) is 2. The van der Waals surface area contributed by atoms with Crippen LogP contribution in [-0.4, -0.2) is 41.4 Å². The first-order chi connectivity index (χ1) is 18.0. The molecule has 0 aliphatic rings. The van der Waals surface area contributed by atoms with Crippen molar-refractivity contribution in [2.45, 2.75) is 0 Å². The maximum Gasteiger partial charge on any atom is 0.488 e. The van der Waals surface area contributed by atoms with Crippen molar-refractivity contribution in [3.63, 3.8) is 0 Å². The number of hydrogen-bond acceptors (Lipinski definition) is 8. The molecule has 6 N–H and O–H groups in total. The molecule has 0 saturated heterocycles. The van der Waals surface area contributed by atoms with E-state index in [1.165, 1.54) is 56.8 Å². The first-order valence-corrected chi connectivity index (χ1v) is 12.9. The number of methoxy groups -OCH3 is 2. The summed E-state index contributed by atoms with van der Waals surface area (Å²) in [5.41, 5.74) is 14.1. The van der Waals surface area contributed by atoms with Gasteiger partial charge in [-0.25, -0.2) is 18.7 Å². The number of nitrogen functional groups attached to an aromatic ring is 2. The van der Waals surface area contributed by atoms with E-state index in [4.69, 9.17) is 31.0 Å². The Bertz CT molecular complexity index is 1360. The zero-order chi connectivity index (χ0) is 28.4. The summed E-state index contributed by atoms with van der Waals surface area (Å²) in [7, 11) is 1.53. The van der Waals surface area contributed by atoms with E-state index in [1.807, 2.05) is 0 Å². The molecule has 4 rings (SSSR count). The molecule has 0 amide bonds. The maximum absolute atomic E-state index is 13.3. The van der Waals surface area contributed by atoms with E-state index in [9.17, 15) is 8.78 Å². The van der Waals surface area contributed by atoms with Gasteiger partial charge in [0.2, 0.25) is 11.8 Å². The fraction of sp³-hybridized carbons (Fsp3) is 0.0833. The fourth-order valence-electron chi connectivity index (χ4n) is 2.76. The van der Waals surface area contributed by atoms with Crippen LogP contribution >= 0.6 is 47.8 Å². The first-order valence-electron chi connectivity index (χ1n) is 10.5. The van der Waals surface area contributed by atoms with E-state index in [1.54, 1.807) is 18.3 Å². The summed E-state index contributed by atoms with van der Waals surface area (Å²) in [6.45, 7) is 0. The highest BCUT2D eigenvalue weighted by Crippen LogP contribution is 2.33. The van der Waals surface area contributed by atoms with E-state index in [-0.39, 0.29) is 11.6 Å². The van der Waals surface area contributed by atoms with E-state index < -0.39 is 7.12 Å². The number of pyridine rings is 2. The van der Waals surface area contributed by atoms with Gasteiger partial charge in [0.25, 0.3) is 0 Å². The lowest BCUT2D eigenvalue weighted by atomic mass is 9.81. The number of nitrogens with two attached hydrogens (primary N) is 2. The average Bonchev–Trinajstić information content (AvgIpc) is 2.90. The molecule has 2 heterocycles. The number of rotatable bonds is 4. The number of ether oxygens (including phenoxy) is 2. The third kappa shape index (κ3) is 9.20. The van der Waals surface area contributed by atoms with Crippen LogP contribution in [0.4, 0.5) is 20.2 Å². The maximum atomic E-state index is 13.3. The van der Waals surface area contributed by atoms with Gasteiger partial charge in [-0.1, -0.05) is 0 Å². The Labute approximate surface area is 243 Å². The molecule has 2 aromatic carbocycles. The minimum absolute atomic E-state index is 0.312. The highest BCUT2D eigenvalue weighted by molar-refractivity contribution is 9.11. The van der Waals surface area contributed by atoms with Gasteiger partial charge in [0.15, 0.2) is 0 Å². The van der Waals surface area contributed by atoms with E-state index >= 15 is 0 Å². The van der Waals surface area contributed by atoms with Gasteiger partial charge in [-0.3, -0.25) is 0 Å². The van der Waals surface area contributed by atoms with Crippen molar-refractivity contribution < 1.29 is 28.3 Å². The molecule has 0 aliphatic heterocycles. The van der Waals surface area contributed by atoms with Gasteiger partial charge in [-0.2, -0.15) is 0 Å². The zero-order valence-corrected chi connectivity index (χ0v) is 24.8. The molecule has 0 fully saturated rings.